The molecule has 1 nitrogen and oxygen atoms in total. The second-order valence-corrected chi connectivity index (χ2v) is 9.28. The number of ether oxygens (including phenoxy) is 1. The van der Waals surface area contributed by atoms with Crippen LogP contribution in [0, 0.1) is 28.6 Å². The molecule has 112 valence electrons. The maximum absolute atomic E-state index is 6.44. The van der Waals surface area contributed by atoms with Crippen molar-refractivity contribution in [3.8, 4) is 0 Å². The second kappa shape index (κ2) is 3.65. The fraction of sp³-hybridized carbons (Fsp3) is 1.00. The summed E-state index contributed by atoms with van der Waals surface area (Å²) in [6.07, 6.45) is 15.4. The second-order valence-electron chi connectivity index (χ2n) is 9.28. The van der Waals surface area contributed by atoms with Gasteiger partial charge in [-0.1, -0.05) is 26.7 Å². The molecule has 4 saturated carbocycles. The fourth-order valence-electron chi connectivity index (χ4n) is 7.70. The van der Waals surface area contributed by atoms with E-state index in [1.165, 1.54) is 64.2 Å². The minimum Gasteiger partial charge on any atom is -0.365 e. The number of hydrogen-bond donors (Lipinski definition) is 0. The molecule has 7 atom stereocenters. The monoisotopic (exact) mass is 274 g/mol. The first kappa shape index (κ1) is 12.5. The zero-order valence-corrected chi connectivity index (χ0v) is 13.3. The molecule has 1 heterocycles. The maximum atomic E-state index is 6.44. The highest BCUT2D eigenvalue weighted by molar-refractivity contribution is 5.25. The summed E-state index contributed by atoms with van der Waals surface area (Å²) in [4.78, 5) is 0. The Morgan fingerprint density at radius 1 is 0.800 bits per heavy atom. The third-order valence-electron chi connectivity index (χ3n) is 8.83. The third-order valence-corrected chi connectivity index (χ3v) is 8.83. The SMILES string of the molecule is CC12CCCCC1CCC1C2CCC2(C)CCC3OC312. The molecule has 0 aromatic carbocycles. The van der Waals surface area contributed by atoms with Gasteiger partial charge in [-0.2, -0.15) is 0 Å². The van der Waals surface area contributed by atoms with Gasteiger partial charge >= 0.3 is 0 Å². The van der Waals surface area contributed by atoms with E-state index >= 15 is 0 Å². The Hall–Kier alpha value is -0.0400. The number of fused-ring (bicyclic) bond motifs is 3. The van der Waals surface area contributed by atoms with Crippen LogP contribution in [-0.4, -0.2) is 11.7 Å². The van der Waals surface area contributed by atoms with E-state index in [9.17, 15) is 0 Å². The van der Waals surface area contributed by atoms with Crippen LogP contribution in [0.3, 0.4) is 0 Å². The van der Waals surface area contributed by atoms with Gasteiger partial charge in [0.2, 0.25) is 0 Å². The largest absolute Gasteiger partial charge is 0.365 e. The molecule has 0 amide bonds. The predicted octanol–water partition coefficient (Wildman–Crippen LogP) is 4.94. The Morgan fingerprint density at radius 3 is 2.50 bits per heavy atom. The van der Waals surface area contributed by atoms with Crippen LogP contribution in [-0.2, 0) is 4.74 Å². The third kappa shape index (κ3) is 1.22. The lowest BCUT2D eigenvalue weighted by molar-refractivity contribution is -0.122. The molecule has 5 fully saturated rings. The molecular weight excluding hydrogens is 244 g/mol. The Labute approximate surface area is 123 Å². The minimum absolute atomic E-state index is 0.349. The van der Waals surface area contributed by atoms with Crippen molar-refractivity contribution in [1.29, 1.82) is 0 Å². The first-order valence-electron chi connectivity index (χ1n) is 9.28. The van der Waals surface area contributed by atoms with E-state index in [0.717, 1.165) is 17.8 Å². The van der Waals surface area contributed by atoms with Crippen LogP contribution < -0.4 is 0 Å². The number of rotatable bonds is 0. The highest BCUT2D eigenvalue weighted by Crippen LogP contribution is 2.74. The van der Waals surface area contributed by atoms with Gasteiger partial charge in [0.25, 0.3) is 0 Å². The summed E-state index contributed by atoms with van der Waals surface area (Å²) in [5, 5.41) is 0. The topological polar surface area (TPSA) is 12.5 Å². The van der Waals surface area contributed by atoms with E-state index in [-0.39, 0.29) is 0 Å². The van der Waals surface area contributed by atoms with E-state index in [1.54, 1.807) is 0 Å². The molecule has 20 heavy (non-hydrogen) atoms. The van der Waals surface area contributed by atoms with Crippen molar-refractivity contribution in [2.45, 2.75) is 89.8 Å². The van der Waals surface area contributed by atoms with Crippen molar-refractivity contribution in [1.82, 2.24) is 0 Å². The first-order chi connectivity index (χ1) is 9.60. The maximum Gasteiger partial charge on any atom is 0.103 e. The lowest BCUT2D eigenvalue weighted by Gasteiger charge is -2.60. The van der Waals surface area contributed by atoms with Gasteiger partial charge in [-0.05, 0) is 80.0 Å². The van der Waals surface area contributed by atoms with E-state index in [4.69, 9.17) is 4.74 Å². The first-order valence-corrected chi connectivity index (χ1v) is 9.28. The normalized spacial score (nSPS) is 63.9. The predicted molar refractivity (Wildman–Crippen MR) is 80.5 cm³/mol. The van der Waals surface area contributed by atoms with Gasteiger partial charge in [-0.15, -0.1) is 0 Å². The summed E-state index contributed by atoms with van der Waals surface area (Å²) >= 11 is 0. The molecule has 1 heteroatoms. The average Bonchev–Trinajstić information content (AvgIpc) is 3.10. The zero-order valence-electron chi connectivity index (χ0n) is 13.3. The molecule has 0 bridgehead atoms. The van der Waals surface area contributed by atoms with Crippen molar-refractivity contribution in [3.05, 3.63) is 0 Å². The molecular formula is C19H30O. The van der Waals surface area contributed by atoms with Gasteiger partial charge < -0.3 is 4.74 Å². The summed E-state index contributed by atoms with van der Waals surface area (Å²) < 4.78 is 6.44. The lowest BCUT2D eigenvalue weighted by atomic mass is 9.45. The number of hydrogen-bond acceptors (Lipinski definition) is 1. The van der Waals surface area contributed by atoms with Crippen LogP contribution in [0.5, 0.6) is 0 Å². The van der Waals surface area contributed by atoms with Crippen LogP contribution in [0.15, 0.2) is 0 Å². The summed E-state index contributed by atoms with van der Waals surface area (Å²) in [5.74, 6) is 2.93. The quantitative estimate of drug-likeness (QED) is 0.570. The van der Waals surface area contributed by atoms with Gasteiger partial charge in [0.1, 0.15) is 5.60 Å². The molecule has 5 aliphatic rings. The minimum atomic E-state index is 0.349. The molecule has 0 radical (unpaired) electrons. The van der Waals surface area contributed by atoms with E-state index in [1.807, 2.05) is 0 Å². The molecule has 0 N–H and O–H groups in total. The highest BCUT2D eigenvalue weighted by Gasteiger charge is 2.77. The average molecular weight is 274 g/mol. The van der Waals surface area contributed by atoms with Gasteiger partial charge in [-0.25, -0.2) is 0 Å². The molecule has 4 aliphatic carbocycles. The Morgan fingerprint density at radius 2 is 1.65 bits per heavy atom. The van der Waals surface area contributed by atoms with Crippen LogP contribution in [0.4, 0.5) is 0 Å². The van der Waals surface area contributed by atoms with Crippen molar-refractivity contribution in [3.63, 3.8) is 0 Å². The van der Waals surface area contributed by atoms with Crippen molar-refractivity contribution >= 4 is 0 Å². The van der Waals surface area contributed by atoms with Crippen molar-refractivity contribution in [2.75, 3.05) is 0 Å². The lowest BCUT2D eigenvalue weighted by Crippen LogP contribution is -2.56. The van der Waals surface area contributed by atoms with Gasteiger partial charge in [-0.3, -0.25) is 0 Å². The van der Waals surface area contributed by atoms with Crippen LogP contribution in [0.1, 0.15) is 78.1 Å². The molecule has 5 rings (SSSR count). The Bertz CT molecular complexity index is 445. The fourth-order valence-corrected chi connectivity index (χ4v) is 7.70. The summed E-state index contributed by atoms with van der Waals surface area (Å²) in [5.41, 5.74) is 1.55. The van der Waals surface area contributed by atoms with Gasteiger partial charge in [0.15, 0.2) is 0 Å². The highest BCUT2D eigenvalue weighted by atomic mass is 16.6. The van der Waals surface area contributed by atoms with Crippen LogP contribution >= 0.6 is 0 Å². The van der Waals surface area contributed by atoms with Crippen LogP contribution in [0.25, 0.3) is 0 Å². The smallest absolute Gasteiger partial charge is 0.103 e. The molecule has 1 spiro atoms. The van der Waals surface area contributed by atoms with Crippen molar-refractivity contribution in [2.24, 2.45) is 28.6 Å². The van der Waals surface area contributed by atoms with E-state index in [0.29, 0.717) is 22.5 Å². The molecule has 0 aromatic heterocycles. The summed E-state index contributed by atoms with van der Waals surface area (Å²) in [7, 11) is 0. The van der Waals surface area contributed by atoms with Gasteiger partial charge in [0.05, 0.1) is 6.10 Å². The molecule has 1 aliphatic heterocycles. The zero-order chi connectivity index (χ0) is 13.6. The standard InChI is InChI=1S/C19H30O/c1-17-11-8-14-15(19(17)16(20-19)9-12-17)7-6-13-5-3-4-10-18(13,14)2/h13-16H,3-12H2,1-2H3. The van der Waals surface area contributed by atoms with Gasteiger partial charge in [0, 0.05) is 0 Å². The molecule has 0 aromatic rings. The Balaban J connectivity index is 1.54. The number of epoxide rings is 1. The van der Waals surface area contributed by atoms with Crippen LogP contribution in [0.2, 0.25) is 0 Å². The van der Waals surface area contributed by atoms with E-state index in [2.05, 4.69) is 13.8 Å². The summed E-state index contributed by atoms with van der Waals surface area (Å²) in [6.45, 7) is 5.23. The van der Waals surface area contributed by atoms with Crippen molar-refractivity contribution < 1.29 is 4.74 Å². The summed E-state index contributed by atoms with van der Waals surface area (Å²) in [6, 6.07) is 0. The van der Waals surface area contributed by atoms with E-state index < -0.39 is 0 Å². The molecule has 1 saturated heterocycles. The Kier molecular flexibility index (Phi) is 2.28. The molecule has 7 unspecified atom stereocenters.